The molecule has 33 heavy (non-hydrogen) atoms. The summed E-state index contributed by atoms with van der Waals surface area (Å²) in [4.78, 5) is 21.0. The lowest BCUT2D eigenvalue weighted by molar-refractivity contribution is -0.178. The van der Waals surface area contributed by atoms with Gasteiger partial charge in [0.15, 0.2) is 0 Å². The van der Waals surface area contributed by atoms with Crippen molar-refractivity contribution in [3.8, 4) is 11.4 Å². The number of halogens is 4. The van der Waals surface area contributed by atoms with E-state index in [9.17, 15) is 22.4 Å². The monoisotopic (exact) mass is 459 g/mol. The molecule has 0 radical (unpaired) electrons. The zero-order valence-corrected chi connectivity index (χ0v) is 17.2. The maximum Gasteiger partial charge on any atom is 0.274 e. The molecule has 5 rings (SSSR count). The zero-order chi connectivity index (χ0) is 23.4. The topological polar surface area (TPSA) is 85.3 Å². The van der Waals surface area contributed by atoms with E-state index in [1.807, 2.05) is 0 Å². The second-order valence-corrected chi connectivity index (χ2v) is 8.15. The Morgan fingerprint density at radius 3 is 2.73 bits per heavy atom. The molecular weight excluding hydrogens is 442 g/mol. The molecule has 1 N–H and O–H groups in total. The Labute approximate surface area is 184 Å². The van der Waals surface area contributed by atoms with Crippen molar-refractivity contribution in [2.75, 3.05) is 5.32 Å². The van der Waals surface area contributed by atoms with Crippen LogP contribution in [0.25, 0.3) is 17.0 Å². The molecule has 1 fully saturated rings. The number of aromatic nitrogens is 4. The highest BCUT2D eigenvalue weighted by Crippen LogP contribution is 2.56. The fourth-order valence-corrected chi connectivity index (χ4v) is 4.00. The lowest BCUT2D eigenvalue weighted by Crippen LogP contribution is -2.54. The number of benzene rings is 1. The maximum atomic E-state index is 13.6. The van der Waals surface area contributed by atoms with Gasteiger partial charge in [0.2, 0.25) is 11.7 Å². The highest BCUT2D eigenvalue weighted by molar-refractivity contribution is 6.04. The highest BCUT2D eigenvalue weighted by atomic mass is 19.3. The Hall–Kier alpha value is -3.76. The lowest BCUT2D eigenvalue weighted by atomic mass is 9.66. The predicted octanol–water partition coefficient (Wildman–Crippen LogP) is 4.88. The molecule has 1 amide bonds. The molecular formula is C22H17F4N5O2. The quantitative estimate of drug-likeness (QED) is 0.430. The van der Waals surface area contributed by atoms with Gasteiger partial charge >= 0.3 is 0 Å². The summed E-state index contributed by atoms with van der Waals surface area (Å²) in [6.07, 6.45) is -2.00. The summed E-state index contributed by atoms with van der Waals surface area (Å²) in [7, 11) is 0. The third kappa shape index (κ3) is 3.53. The average Bonchev–Trinajstić information content (AvgIpc) is 3.41. The molecule has 1 aliphatic rings. The van der Waals surface area contributed by atoms with Gasteiger partial charge in [-0.15, -0.1) is 0 Å². The number of rotatable bonds is 5. The van der Waals surface area contributed by atoms with Crippen LogP contribution in [0.5, 0.6) is 0 Å². The predicted molar refractivity (Wildman–Crippen MR) is 109 cm³/mol. The summed E-state index contributed by atoms with van der Waals surface area (Å²) >= 11 is 0. The summed E-state index contributed by atoms with van der Waals surface area (Å²) < 4.78 is 60.5. The van der Waals surface area contributed by atoms with E-state index in [1.54, 1.807) is 53.9 Å². The van der Waals surface area contributed by atoms with Gasteiger partial charge in [0.1, 0.15) is 16.8 Å². The van der Waals surface area contributed by atoms with Crippen molar-refractivity contribution in [1.29, 1.82) is 0 Å². The SMILES string of the molecule is Cc1ccc(-c2noc(C3(C(F)F)CC(F)(F)C3)n2)cc1NC(=O)c1cnc2ccccn12. The van der Waals surface area contributed by atoms with Crippen molar-refractivity contribution in [3.63, 3.8) is 0 Å². The van der Waals surface area contributed by atoms with Crippen molar-refractivity contribution < 1.29 is 26.9 Å². The average molecular weight is 459 g/mol. The number of amides is 1. The molecule has 1 saturated carbocycles. The van der Waals surface area contributed by atoms with E-state index < -0.39 is 42.4 Å². The number of fused-ring (bicyclic) bond motifs is 1. The van der Waals surface area contributed by atoms with E-state index in [1.165, 1.54) is 6.20 Å². The number of carbonyl (C=O) groups excluding carboxylic acids is 1. The van der Waals surface area contributed by atoms with Crippen LogP contribution in [-0.2, 0) is 5.41 Å². The molecule has 1 aromatic carbocycles. The summed E-state index contributed by atoms with van der Waals surface area (Å²) in [6, 6.07) is 10.2. The Balaban J connectivity index is 1.42. The molecule has 0 unspecified atom stereocenters. The first-order valence-electron chi connectivity index (χ1n) is 10.0. The molecule has 1 aliphatic carbocycles. The molecule has 11 heteroatoms. The Bertz CT molecular complexity index is 1360. The first-order valence-corrected chi connectivity index (χ1v) is 10.0. The third-order valence-electron chi connectivity index (χ3n) is 5.81. The van der Waals surface area contributed by atoms with Crippen molar-refractivity contribution in [2.45, 2.75) is 37.5 Å². The minimum absolute atomic E-state index is 0.0365. The van der Waals surface area contributed by atoms with Gasteiger partial charge in [0.05, 0.1) is 6.20 Å². The van der Waals surface area contributed by atoms with E-state index in [0.717, 1.165) is 5.56 Å². The minimum atomic E-state index is -3.19. The molecule has 0 saturated heterocycles. The Morgan fingerprint density at radius 1 is 1.21 bits per heavy atom. The molecule has 0 spiro atoms. The van der Waals surface area contributed by atoms with Crippen LogP contribution in [0.1, 0.15) is 34.8 Å². The van der Waals surface area contributed by atoms with E-state index in [4.69, 9.17) is 4.52 Å². The van der Waals surface area contributed by atoms with Gasteiger partial charge in [-0.1, -0.05) is 23.4 Å². The first-order chi connectivity index (χ1) is 15.7. The summed E-state index contributed by atoms with van der Waals surface area (Å²) in [5.41, 5.74) is 0.323. The molecule has 3 heterocycles. The Kier molecular flexibility index (Phi) is 4.73. The van der Waals surface area contributed by atoms with Gasteiger partial charge in [0, 0.05) is 30.3 Å². The maximum absolute atomic E-state index is 13.6. The highest BCUT2D eigenvalue weighted by Gasteiger charge is 2.65. The number of pyridine rings is 1. The van der Waals surface area contributed by atoms with E-state index in [0.29, 0.717) is 22.6 Å². The third-order valence-corrected chi connectivity index (χ3v) is 5.81. The first kappa shape index (κ1) is 21.1. The van der Waals surface area contributed by atoms with E-state index in [-0.39, 0.29) is 5.82 Å². The standard InChI is InChI=1S/C22H17F4N5O2/c1-12-5-6-13(17-29-20(33-30-17)21(19(23)24)10-22(25,26)11-21)8-14(12)28-18(32)15-9-27-16-4-2-3-7-31(15)16/h2-9,19H,10-11H2,1H3,(H,28,32). The van der Waals surface area contributed by atoms with Gasteiger partial charge in [-0.3, -0.25) is 9.20 Å². The van der Waals surface area contributed by atoms with Crippen molar-refractivity contribution in [1.82, 2.24) is 19.5 Å². The number of anilines is 1. The van der Waals surface area contributed by atoms with Crippen LogP contribution >= 0.6 is 0 Å². The van der Waals surface area contributed by atoms with Crippen molar-refractivity contribution in [2.24, 2.45) is 0 Å². The second kappa shape index (κ2) is 7.39. The largest absolute Gasteiger partial charge is 0.338 e. The van der Waals surface area contributed by atoms with Crippen LogP contribution in [0, 0.1) is 6.92 Å². The normalized spacial score (nSPS) is 16.7. The molecule has 0 bridgehead atoms. The van der Waals surface area contributed by atoms with Gasteiger partial charge < -0.3 is 9.84 Å². The molecule has 4 aromatic rings. The summed E-state index contributed by atoms with van der Waals surface area (Å²) in [5.74, 6) is -4.15. The molecule has 3 aromatic heterocycles. The van der Waals surface area contributed by atoms with Crippen LogP contribution in [0.2, 0.25) is 0 Å². The lowest BCUT2D eigenvalue weighted by Gasteiger charge is -2.43. The zero-order valence-electron chi connectivity index (χ0n) is 17.2. The second-order valence-electron chi connectivity index (χ2n) is 8.15. The summed E-state index contributed by atoms with van der Waals surface area (Å²) in [6.45, 7) is 1.78. The number of alkyl halides is 4. The van der Waals surface area contributed by atoms with Gasteiger partial charge in [-0.05, 0) is 30.7 Å². The van der Waals surface area contributed by atoms with Crippen LogP contribution < -0.4 is 5.32 Å². The fraction of sp³-hybridized carbons (Fsp3) is 0.273. The number of hydrogen-bond acceptors (Lipinski definition) is 5. The van der Waals surface area contributed by atoms with Crippen LogP contribution in [0.4, 0.5) is 23.2 Å². The van der Waals surface area contributed by atoms with Crippen molar-refractivity contribution in [3.05, 3.63) is 65.9 Å². The number of hydrogen-bond donors (Lipinski definition) is 1. The number of aryl methyl sites for hydroxylation is 1. The number of imidazole rings is 1. The van der Waals surface area contributed by atoms with Crippen LogP contribution in [-0.4, -0.2) is 37.8 Å². The fourth-order valence-electron chi connectivity index (χ4n) is 4.00. The molecule has 170 valence electrons. The van der Waals surface area contributed by atoms with Gasteiger partial charge in [-0.2, -0.15) is 4.98 Å². The van der Waals surface area contributed by atoms with Crippen LogP contribution in [0.15, 0.2) is 53.3 Å². The van der Waals surface area contributed by atoms with Gasteiger partial charge in [-0.25, -0.2) is 22.5 Å². The smallest absolute Gasteiger partial charge is 0.274 e. The van der Waals surface area contributed by atoms with E-state index >= 15 is 0 Å². The molecule has 0 aliphatic heterocycles. The minimum Gasteiger partial charge on any atom is -0.338 e. The van der Waals surface area contributed by atoms with Crippen LogP contribution in [0.3, 0.4) is 0 Å². The molecule has 0 atom stereocenters. The van der Waals surface area contributed by atoms with Gasteiger partial charge in [0.25, 0.3) is 18.3 Å². The summed E-state index contributed by atoms with van der Waals surface area (Å²) in [5, 5.41) is 6.51. The Morgan fingerprint density at radius 2 is 2.00 bits per heavy atom. The molecule has 7 nitrogen and oxygen atoms in total. The van der Waals surface area contributed by atoms with E-state index in [2.05, 4.69) is 20.4 Å². The number of nitrogens with zero attached hydrogens (tertiary/aromatic N) is 4. The number of nitrogens with one attached hydrogen (secondary N) is 1. The van der Waals surface area contributed by atoms with Crippen molar-refractivity contribution >= 4 is 17.2 Å². The number of carbonyl (C=O) groups is 1.